The van der Waals surface area contributed by atoms with E-state index in [2.05, 4.69) is 241 Å². The van der Waals surface area contributed by atoms with Crippen LogP contribution in [0.5, 0.6) is 0 Å². The SMILES string of the molecule is Fc1ccc2c(c1)N(c1ccc3ccc4c(N5CCc6ccc(F)cc65)ccc5ccc1c3c54)CC2.N#Cc1ccccc1N(c1ccccc1)c1ccc2ccc3c(N4CCc5ccccc54)ccc4ccc1c2c43.[C-]#[N+]c1ccc2c(c1)N(c1ccc3ccc4c(N5CCc6ccc(C#N)cc65)ccc5ccc1c3c54)CC2. The number of anilines is 13. The molecule has 9 nitrogen and oxygen atoms in total. The van der Waals surface area contributed by atoms with Crippen LogP contribution < -0.4 is 29.4 Å². The predicted octanol–water partition coefficient (Wildman–Crippen LogP) is 26.3. The molecule has 0 N–H and O–H groups in total. The van der Waals surface area contributed by atoms with Gasteiger partial charge in [-0.05, 0) is 234 Å². The summed E-state index contributed by atoms with van der Waals surface area (Å²) in [5.74, 6) is -0.407. The average molecular weight is 1470 g/mol. The summed E-state index contributed by atoms with van der Waals surface area (Å²) in [4.78, 5) is 17.7. The molecule has 5 aliphatic rings. The van der Waals surface area contributed by atoms with Gasteiger partial charge in [0, 0.05) is 128 Å². The van der Waals surface area contributed by atoms with Crippen molar-refractivity contribution < 1.29 is 8.78 Å². The Morgan fingerprint density at radius 1 is 0.289 bits per heavy atom. The highest BCUT2D eigenvalue weighted by atomic mass is 19.1. The van der Waals surface area contributed by atoms with Crippen LogP contribution in [0.4, 0.5) is 88.4 Å². The predicted molar refractivity (Wildman–Crippen MR) is 466 cm³/mol. The van der Waals surface area contributed by atoms with Crippen molar-refractivity contribution >= 4 is 177 Å². The van der Waals surface area contributed by atoms with Crippen molar-refractivity contribution in [3.8, 4) is 12.1 Å². The van der Waals surface area contributed by atoms with E-state index in [0.29, 0.717) is 16.8 Å². The van der Waals surface area contributed by atoms with Gasteiger partial charge in [0.2, 0.25) is 0 Å². The van der Waals surface area contributed by atoms with Gasteiger partial charge in [0.1, 0.15) is 17.7 Å². The van der Waals surface area contributed by atoms with Crippen LogP contribution in [-0.4, -0.2) is 32.7 Å². The number of rotatable bonds is 8. The maximum atomic E-state index is 14.2. The van der Waals surface area contributed by atoms with Gasteiger partial charge in [-0.15, -0.1) is 0 Å². The molecule has 0 bridgehead atoms. The van der Waals surface area contributed by atoms with Crippen molar-refractivity contribution in [3.63, 3.8) is 0 Å². The molecule has 11 heteroatoms. The van der Waals surface area contributed by atoms with Gasteiger partial charge >= 0.3 is 0 Å². The third kappa shape index (κ3) is 10.5. The number of halogens is 2. The van der Waals surface area contributed by atoms with E-state index in [1.54, 1.807) is 24.3 Å². The maximum absolute atomic E-state index is 14.2. The Kier molecular flexibility index (Phi) is 15.3. The minimum atomic E-state index is -0.203. The summed E-state index contributed by atoms with van der Waals surface area (Å²) in [5.41, 5.74) is 22.8. The number of fused-ring (bicyclic) bond motifs is 5. The molecule has 0 unspecified atom stereocenters. The smallest absolute Gasteiger partial charge is 0.189 e. The second kappa shape index (κ2) is 26.3. The Balaban J connectivity index is 0.000000104. The lowest BCUT2D eigenvalue weighted by Gasteiger charge is -2.28. The molecule has 5 heterocycles. The van der Waals surface area contributed by atoms with Gasteiger partial charge in [0.15, 0.2) is 5.69 Å². The van der Waals surface area contributed by atoms with E-state index < -0.39 is 0 Å². The zero-order valence-corrected chi connectivity index (χ0v) is 62.1. The first kappa shape index (κ1) is 66.4. The molecule has 0 spiro atoms. The molecule has 0 fully saturated rings. The van der Waals surface area contributed by atoms with E-state index in [4.69, 9.17) is 6.57 Å². The normalized spacial score (nSPS) is 13.9. The summed E-state index contributed by atoms with van der Waals surface area (Å²) < 4.78 is 28.3. The van der Waals surface area contributed by atoms with E-state index in [9.17, 15) is 19.3 Å². The van der Waals surface area contributed by atoms with Crippen LogP contribution in [0.2, 0.25) is 0 Å². The highest BCUT2D eigenvalue weighted by Crippen LogP contribution is 2.53. The van der Waals surface area contributed by atoms with Gasteiger partial charge in [-0.1, -0.05) is 188 Å². The summed E-state index contributed by atoms with van der Waals surface area (Å²) in [6.45, 7) is 12.0. The number of hydrogen-bond acceptors (Lipinski definition) is 8. The summed E-state index contributed by atoms with van der Waals surface area (Å²) in [7, 11) is 0. The summed E-state index contributed by atoms with van der Waals surface area (Å²) in [5, 5.41) is 41.7. The first-order valence-corrected chi connectivity index (χ1v) is 39.2. The molecular weight excluding hydrogens is 1400 g/mol. The standard InChI is InChI=1S/C37H25N3.C34H22N4.C32H22F2N2/c38-24-28-9-5-7-13-33(28)40(29-10-2-1-3-11-29)35-21-17-27-14-18-30-34(39-23-22-25-8-4-6-12-32(25)39)20-16-26-15-19-31(35)37(27)36(26)30;1-36-26-9-4-23-15-17-38(32(23)19-26)30-13-8-25-5-10-27-29(12-7-24-6-11-28(30)34(25)33(24)27)37-16-14-22-3-2-21(20-35)18-31(22)37;33-23-7-1-19-13-15-35(29(19)17-23)27-11-5-21-4-10-26-28(12-6-22-3-9-25(27)31(21)32(22)26)36-16-14-20-2-8-24(34)18-30(20)36/h1-21H,22-23H2;2-13,18-19H,14-17H2;1-12,17-18H,13-16H2. The fourth-order valence-corrected chi connectivity index (χ4v) is 19.6. The van der Waals surface area contributed by atoms with Crippen LogP contribution in [0.1, 0.15) is 38.9 Å². The third-order valence-corrected chi connectivity index (χ3v) is 24.8. The van der Waals surface area contributed by atoms with Crippen LogP contribution in [-0.2, 0) is 32.1 Å². The molecule has 19 aromatic rings. The summed E-state index contributed by atoms with van der Waals surface area (Å²) in [6, 6.07) is 107. The number of hydrogen-bond donors (Lipinski definition) is 0. The van der Waals surface area contributed by atoms with Gasteiger partial charge in [-0.3, -0.25) is 0 Å². The second-order valence-corrected chi connectivity index (χ2v) is 30.6. The zero-order valence-electron chi connectivity index (χ0n) is 62.1. The molecule has 24 rings (SSSR count). The first-order valence-electron chi connectivity index (χ1n) is 39.2. The zero-order chi connectivity index (χ0) is 76.0. The Hall–Kier alpha value is -14.6. The van der Waals surface area contributed by atoms with Crippen LogP contribution >= 0.6 is 0 Å². The van der Waals surface area contributed by atoms with Crippen molar-refractivity contribution in [1.82, 2.24) is 0 Å². The summed E-state index contributed by atoms with van der Waals surface area (Å²) in [6.07, 6.45) is 4.85. The third-order valence-electron chi connectivity index (χ3n) is 24.8. The minimum Gasteiger partial charge on any atom is -0.342 e. The first-order chi connectivity index (χ1) is 56.2. The topological polar surface area (TPSA) is 71.4 Å². The molecule has 114 heavy (non-hydrogen) atoms. The summed E-state index contributed by atoms with van der Waals surface area (Å²) >= 11 is 0. The lowest BCUT2D eigenvalue weighted by molar-refractivity contribution is 0.627. The molecule has 540 valence electrons. The van der Waals surface area contributed by atoms with Crippen molar-refractivity contribution in [2.45, 2.75) is 32.1 Å². The Morgan fingerprint density at radius 2 is 0.640 bits per heavy atom. The fraction of sp³-hybridized carbons (Fsp3) is 0.0971. The molecule has 0 saturated carbocycles. The number of nitrogens with zero attached hydrogens (tertiary/aromatic N) is 9. The van der Waals surface area contributed by atoms with Crippen molar-refractivity contribution in [1.29, 1.82) is 10.5 Å². The van der Waals surface area contributed by atoms with E-state index in [1.165, 1.54) is 148 Å². The Morgan fingerprint density at radius 3 is 1.09 bits per heavy atom. The van der Waals surface area contributed by atoms with Crippen LogP contribution in [0.25, 0.3) is 102 Å². The quantitative estimate of drug-likeness (QED) is 0.110. The molecule has 0 aromatic heterocycles. The maximum Gasteiger partial charge on any atom is 0.189 e. The van der Waals surface area contributed by atoms with E-state index >= 15 is 0 Å². The Labute approximate surface area is 657 Å². The van der Waals surface area contributed by atoms with Crippen molar-refractivity contribution in [2.24, 2.45) is 0 Å². The van der Waals surface area contributed by atoms with Gasteiger partial charge in [0.25, 0.3) is 0 Å². The minimum absolute atomic E-state index is 0.203. The number of para-hydroxylation sites is 3. The van der Waals surface area contributed by atoms with E-state index in [1.807, 2.05) is 78.9 Å². The molecule has 0 saturated heterocycles. The van der Waals surface area contributed by atoms with Gasteiger partial charge in [-0.25, -0.2) is 13.6 Å². The van der Waals surface area contributed by atoms with Crippen LogP contribution in [0.15, 0.2) is 297 Å². The molecule has 5 aliphatic heterocycles. The van der Waals surface area contributed by atoms with Gasteiger partial charge < -0.3 is 29.4 Å². The fourth-order valence-electron chi connectivity index (χ4n) is 19.6. The lowest BCUT2D eigenvalue weighted by atomic mass is 9.92. The highest BCUT2D eigenvalue weighted by Gasteiger charge is 2.31. The Bertz CT molecular complexity index is 7050. The van der Waals surface area contributed by atoms with Crippen LogP contribution in [0, 0.1) is 40.9 Å². The highest BCUT2D eigenvalue weighted by molar-refractivity contribution is 6.31. The second-order valence-electron chi connectivity index (χ2n) is 30.6. The number of benzene rings is 19. The molecular formula is C103H69F2N9. The van der Waals surface area contributed by atoms with E-state index in [-0.39, 0.29) is 11.6 Å². The van der Waals surface area contributed by atoms with Gasteiger partial charge in [-0.2, -0.15) is 10.5 Å². The van der Waals surface area contributed by atoms with Gasteiger partial charge in [0.05, 0.1) is 35.1 Å². The van der Waals surface area contributed by atoms with Crippen LogP contribution in [0.3, 0.4) is 0 Å². The van der Waals surface area contributed by atoms with Crippen molar-refractivity contribution in [3.05, 3.63) is 359 Å². The molecule has 0 radical (unpaired) electrons. The monoisotopic (exact) mass is 1470 g/mol. The largest absolute Gasteiger partial charge is 0.342 e. The molecule has 0 aliphatic carbocycles. The molecule has 0 amide bonds. The average Bonchev–Trinajstić information content (AvgIpc) is 1.08. The van der Waals surface area contributed by atoms with E-state index in [0.717, 1.165) is 116 Å². The lowest BCUT2D eigenvalue weighted by Crippen LogP contribution is -2.14. The molecule has 0 atom stereocenters. The number of nitriles is 2. The van der Waals surface area contributed by atoms with Crippen molar-refractivity contribution in [2.75, 3.05) is 62.1 Å². The molecule has 19 aromatic carbocycles.